The summed E-state index contributed by atoms with van der Waals surface area (Å²) in [4.78, 5) is 0. The SMILES string of the molecule is CC(C)NCC1(Cc2nn(C)c3ccccc23)CCOC1. The summed E-state index contributed by atoms with van der Waals surface area (Å²) in [6.07, 6.45) is 2.09. The molecule has 0 amide bonds. The van der Waals surface area contributed by atoms with E-state index in [2.05, 4.69) is 43.4 Å². The van der Waals surface area contributed by atoms with Crippen LogP contribution in [0.2, 0.25) is 0 Å². The molecule has 1 aliphatic heterocycles. The maximum absolute atomic E-state index is 5.71. The molecule has 0 saturated carbocycles. The molecule has 0 radical (unpaired) electrons. The van der Waals surface area contributed by atoms with Gasteiger partial charge >= 0.3 is 0 Å². The first kappa shape index (κ1) is 14.5. The summed E-state index contributed by atoms with van der Waals surface area (Å²) in [6.45, 7) is 7.08. The molecule has 114 valence electrons. The van der Waals surface area contributed by atoms with Crippen molar-refractivity contribution < 1.29 is 4.74 Å². The van der Waals surface area contributed by atoms with Crippen molar-refractivity contribution >= 4 is 10.9 Å². The van der Waals surface area contributed by atoms with E-state index < -0.39 is 0 Å². The van der Waals surface area contributed by atoms with Crippen molar-refractivity contribution in [1.82, 2.24) is 15.1 Å². The highest BCUT2D eigenvalue weighted by atomic mass is 16.5. The molecule has 1 aromatic heterocycles. The van der Waals surface area contributed by atoms with E-state index in [1.165, 1.54) is 16.6 Å². The first-order valence-electron chi connectivity index (χ1n) is 7.81. The zero-order chi connectivity index (χ0) is 14.9. The molecule has 4 heteroatoms. The lowest BCUT2D eigenvalue weighted by molar-refractivity contribution is 0.147. The van der Waals surface area contributed by atoms with Crippen LogP contribution in [-0.2, 0) is 18.2 Å². The van der Waals surface area contributed by atoms with Gasteiger partial charge in [0.25, 0.3) is 0 Å². The molecule has 0 spiro atoms. The fourth-order valence-electron chi connectivity index (χ4n) is 3.19. The lowest BCUT2D eigenvalue weighted by Gasteiger charge is -2.28. The number of para-hydroxylation sites is 1. The van der Waals surface area contributed by atoms with Crippen molar-refractivity contribution in [3.8, 4) is 0 Å². The molecule has 1 N–H and O–H groups in total. The Balaban J connectivity index is 1.88. The van der Waals surface area contributed by atoms with E-state index in [9.17, 15) is 0 Å². The van der Waals surface area contributed by atoms with Gasteiger partial charge in [0.1, 0.15) is 0 Å². The highest BCUT2D eigenvalue weighted by molar-refractivity contribution is 5.81. The average molecular weight is 287 g/mol. The molecular weight excluding hydrogens is 262 g/mol. The maximum Gasteiger partial charge on any atom is 0.0710 e. The highest BCUT2D eigenvalue weighted by Crippen LogP contribution is 2.34. The third-order valence-electron chi connectivity index (χ3n) is 4.45. The van der Waals surface area contributed by atoms with E-state index in [1.54, 1.807) is 0 Å². The van der Waals surface area contributed by atoms with E-state index >= 15 is 0 Å². The molecule has 3 rings (SSSR count). The van der Waals surface area contributed by atoms with Crippen LogP contribution in [0.3, 0.4) is 0 Å². The van der Waals surface area contributed by atoms with Gasteiger partial charge in [0.05, 0.1) is 17.8 Å². The van der Waals surface area contributed by atoms with Gasteiger partial charge in [-0.05, 0) is 12.5 Å². The Hall–Kier alpha value is -1.39. The van der Waals surface area contributed by atoms with Crippen LogP contribution < -0.4 is 5.32 Å². The topological polar surface area (TPSA) is 39.1 Å². The molecule has 1 unspecified atom stereocenters. The van der Waals surface area contributed by atoms with Gasteiger partial charge in [-0.25, -0.2) is 0 Å². The molecule has 4 nitrogen and oxygen atoms in total. The minimum atomic E-state index is 0.182. The quantitative estimate of drug-likeness (QED) is 0.918. The van der Waals surface area contributed by atoms with Gasteiger partial charge < -0.3 is 10.1 Å². The molecule has 1 aromatic carbocycles. The van der Waals surface area contributed by atoms with Crippen LogP contribution in [0.5, 0.6) is 0 Å². The summed E-state index contributed by atoms with van der Waals surface area (Å²) in [5.74, 6) is 0. The number of nitrogens with zero attached hydrogens (tertiary/aromatic N) is 2. The van der Waals surface area contributed by atoms with Gasteiger partial charge in [0.2, 0.25) is 0 Å². The number of benzene rings is 1. The van der Waals surface area contributed by atoms with E-state index in [1.807, 2.05) is 11.7 Å². The summed E-state index contributed by atoms with van der Waals surface area (Å²) in [5.41, 5.74) is 2.59. The first-order valence-corrected chi connectivity index (χ1v) is 7.81. The second-order valence-corrected chi connectivity index (χ2v) is 6.60. The van der Waals surface area contributed by atoms with Gasteiger partial charge in [-0.1, -0.05) is 32.0 Å². The van der Waals surface area contributed by atoms with Crippen LogP contribution in [0.4, 0.5) is 0 Å². The summed E-state index contributed by atoms with van der Waals surface area (Å²) < 4.78 is 7.70. The summed E-state index contributed by atoms with van der Waals surface area (Å²) in [7, 11) is 2.02. The zero-order valence-electron chi connectivity index (χ0n) is 13.2. The molecule has 1 fully saturated rings. The monoisotopic (exact) mass is 287 g/mol. The normalized spacial score (nSPS) is 22.5. The van der Waals surface area contributed by atoms with Crippen molar-refractivity contribution in [1.29, 1.82) is 0 Å². The lowest BCUT2D eigenvalue weighted by atomic mass is 9.81. The van der Waals surface area contributed by atoms with E-state index in [0.29, 0.717) is 6.04 Å². The average Bonchev–Trinajstić information content (AvgIpc) is 3.04. The zero-order valence-corrected chi connectivity index (χ0v) is 13.2. The third kappa shape index (κ3) is 2.97. The lowest BCUT2D eigenvalue weighted by Crippen LogP contribution is -2.39. The fraction of sp³-hybridized carbons (Fsp3) is 0.588. The molecule has 2 aromatic rings. The van der Waals surface area contributed by atoms with E-state index in [0.717, 1.165) is 32.6 Å². The van der Waals surface area contributed by atoms with Crippen molar-refractivity contribution in [2.45, 2.75) is 32.7 Å². The number of rotatable bonds is 5. The largest absolute Gasteiger partial charge is 0.381 e. The Morgan fingerprint density at radius 2 is 2.19 bits per heavy atom. The van der Waals surface area contributed by atoms with E-state index in [4.69, 9.17) is 9.84 Å². The van der Waals surface area contributed by atoms with Gasteiger partial charge in [0, 0.05) is 43.5 Å². The van der Waals surface area contributed by atoms with Crippen molar-refractivity contribution in [3.63, 3.8) is 0 Å². The Morgan fingerprint density at radius 3 is 2.90 bits per heavy atom. The summed E-state index contributed by atoms with van der Waals surface area (Å²) in [6, 6.07) is 8.98. The predicted octanol–water partition coefficient (Wildman–Crippen LogP) is 2.52. The minimum Gasteiger partial charge on any atom is -0.381 e. The summed E-state index contributed by atoms with van der Waals surface area (Å²) >= 11 is 0. The number of aromatic nitrogens is 2. The van der Waals surface area contributed by atoms with Crippen LogP contribution in [0.15, 0.2) is 24.3 Å². The highest BCUT2D eigenvalue weighted by Gasteiger charge is 2.36. The minimum absolute atomic E-state index is 0.182. The van der Waals surface area contributed by atoms with Crippen molar-refractivity contribution in [2.75, 3.05) is 19.8 Å². The van der Waals surface area contributed by atoms with Crippen molar-refractivity contribution in [3.05, 3.63) is 30.0 Å². The number of hydrogen-bond donors (Lipinski definition) is 1. The van der Waals surface area contributed by atoms with Crippen LogP contribution in [0.1, 0.15) is 26.0 Å². The van der Waals surface area contributed by atoms with Crippen molar-refractivity contribution in [2.24, 2.45) is 12.5 Å². The summed E-state index contributed by atoms with van der Waals surface area (Å²) in [5, 5.41) is 9.62. The Morgan fingerprint density at radius 1 is 1.38 bits per heavy atom. The Labute approximate surface area is 126 Å². The fourth-order valence-corrected chi connectivity index (χ4v) is 3.19. The molecule has 0 aliphatic carbocycles. The number of hydrogen-bond acceptors (Lipinski definition) is 3. The molecule has 1 aliphatic rings. The third-order valence-corrected chi connectivity index (χ3v) is 4.45. The Bertz CT molecular complexity index is 612. The van der Waals surface area contributed by atoms with Gasteiger partial charge in [-0.2, -0.15) is 5.10 Å². The van der Waals surface area contributed by atoms with Crippen LogP contribution in [-0.4, -0.2) is 35.6 Å². The van der Waals surface area contributed by atoms with Gasteiger partial charge in [-0.15, -0.1) is 0 Å². The molecule has 21 heavy (non-hydrogen) atoms. The number of ether oxygens (including phenoxy) is 1. The molecule has 0 bridgehead atoms. The van der Waals surface area contributed by atoms with E-state index in [-0.39, 0.29) is 5.41 Å². The standard InChI is InChI=1S/C17H25N3O/c1-13(2)18-11-17(8-9-21-12-17)10-15-14-6-4-5-7-16(14)20(3)19-15/h4-7,13,18H,8-12H2,1-3H3. The van der Waals surface area contributed by atoms with Gasteiger partial charge in [0.15, 0.2) is 0 Å². The van der Waals surface area contributed by atoms with Crippen LogP contribution in [0, 0.1) is 5.41 Å². The smallest absolute Gasteiger partial charge is 0.0710 e. The second-order valence-electron chi connectivity index (χ2n) is 6.60. The molecule has 1 saturated heterocycles. The number of fused-ring (bicyclic) bond motifs is 1. The molecular formula is C17H25N3O. The Kier molecular flexibility index (Phi) is 4.00. The predicted molar refractivity (Wildman–Crippen MR) is 85.4 cm³/mol. The van der Waals surface area contributed by atoms with Crippen LogP contribution in [0.25, 0.3) is 10.9 Å². The molecule has 1 atom stereocenters. The van der Waals surface area contributed by atoms with Gasteiger partial charge in [-0.3, -0.25) is 4.68 Å². The second kappa shape index (κ2) is 5.78. The first-order chi connectivity index (χ1) is 10.1. The molecule has 2 heterocycles. The van der Waals surface area contributed by atoms with Crippen LogP contribution >= 0.6 is 0 Å². The number of nitrogens with one attached hydrogen (secondary N) is 1. The maximum atomic E-state index is 5.71. The number of aryl methyl sites for hydroxylation is 1.